The molecule has 0 radical (unpaired) electrons. The average molecular weight is 353 g/mol. The van der Waals surface area contributed by atoms with Gasteiger partial charge in [0.1, 0.15) is 0 Å². The van der Waals surface area contributed by atoms with Crippen LogP contribution in [0.1, 0.15) is 20.8 Å². The Balaban J connectivity index is 1.58. The molecule has 1 aromatic carbocycles. The molecule has 2 aromatic rings. The van der Waals surface area contributed by atoms with E-state index in [4.69, 9.17) is 4.74 Å². The Morgan fingerprint density at radius 1 is 1.38 bits per heavy atom. The molecule has 0 aliphatic carbocycles. The summed E-state index contributed by atoms with van der Waals surface area (Å²) in [5, 5.41) is 3.43. The number of anilines is 1. The predicted octanol–water partition coefficient (Wildman–Crippen LogP) is 1.72. The van der Waals surface area contributed by atoms with Gasteiger partial charge in [-0.2, -0.15) is 0 Å². The van der Waals surface area contributed by atoms with Crippen molar-refractivity contribution < 1.29 is 9.53 Å². The van der Waals surface area contributed by atoms with Crippen molar-refractivity contribution >= 4 is 37.8 Å². The van der Waals surface area contributed by atoms with Crippen LogP contribution in [0.15, 0.2) is 18.2 Å². The van der Waals surface area contributed by atoms with Crippen molar-refractivity contribution in [1.82, 2.24) is 12.9 Å². The second kappa shape index (κ2) is 5.31. The Hall–Kier alpha value is -1.59. The van der Waals surface area contributed by atoms with E-state index in [1.807, 2.05) is 39.0 Å². The van der Waals surface area contributed by atoms with E-state index in [1.54, 1.807) is 4.90 Å². The van der Waals surface area contributed by atoms with Gasteiger partial charge in [-0.3, -0.25) is 0 Å². The van der Waals surface area contributed by atoms with E-state index in [-0.39, 0.29) is 27.1 Å². The van der Waals surface area contributed by atoms with Gasteiger partial charge >= 0.3 is 129 Å². The molecule has 0 unspecified atom stereocenters. The Morgan fingerprint density at radius 3 is 2.86 bits per heavy atom. The first-order chi connectivity index (χ1) is 9.92. The van der Waals surface area contributed by atoms with Crippen LogP contribution in [-0.4, -0.2) is 58.6 Å². The number of carbonyl (C=O) groups excluding carboxylic acids is 1. The molecular weight excluding hydrogens is 335 g/mol. The molecule has 1 N–H and O–H groups in total. The van der Waals surface area contributed by atoms with E-state index in [2.05, 4.69) is 13.3 Å². The molecule has 0 bridgehead atoms. The van der Waals surface area contributed by atoms with E-state index in [9.17, 15) is 4.79 Å². The van der Waals surface area contributed by atoms with Crippen molar-refractivity contribution in [3.63, 3.8) is 0 Å². The molecule has 2 heterocycles. The number of nitrogens with one attached hydrogen (secondary N) is 1. The van der Waals surface area contributed by atoms with E-state index >= 15 is 0 Å². The summed E-state index contributed by atoms with van der Waals surface area (Å²) in [6, 6.07) is 6.21. The van der Waals surface area contributed by atoms with Crippen LogP contribution in [0.2, 0.25) is 0 Å². The van der Waals surface area contributed by atoms with Crippen LogP contribution in [0.3, 0.4) is 0 Å². The molecule has 3 rings (SSSR count). The number of aromatic nitrogens is 2. The number of fused-ring (bicyclic) bond motifs is 1. The number of hydrogen-bond acceptors (Lipinski definition) is 5. The van der Waals surface area contributed by atoms with E-state index in [1.165, 1.54) is 0 Å². The molecule has 1 fully saturated rings. The molecule has 7 heteroatoms. The van der Waals surface area contributed by atoms with E-state index in [0.717, 1.165) is 16.7 Å². The summed E-state index contributed by atoms with van der Waals surface area (Å²) in [7, 11) is 0. The number of benzene rings is 1. The van der Waals surface area contributed by atoms with Crippen molar-refractivity contribution in [3.8, 4) is 0 Å². The Morgan fingerprint density at radius 2 is 2.14 bits per heavy atom. The van der Waals surface area contributed by atoms with Gasteiger partial charge < -0.3 is 0 Å². The number of hydrogen-bond donors (Lipinski definition) is 1. The summed E-state index contributed by atoms with van der Waals surface area (Å²) in [5.41, 5.74) is 2.47. The minimum absolute atomic E-state index is 0.0255. The molecule has 0 saturated carbocycles. The third-order valence-corrected chi connectivity index (χ3v) is 4.32. The van der Waals surface area contributed by atoms with Crippen LogP contribution >= 0.6 is 0 Å². The third kappa shape index (κ3) is 3.19. The van der Waals surface area contributed by atoms with E-state index < -0.39 is 5.60 Å². The molecule has 6 nitrogen and oxygen atoms in total. The molecule has 1 aliphatic heterocycles. The standard InChI is InChI=1S/C14H18N4O2Se/c1-14(2,3)20-13(19)18-7-9(8-18)15-10-5-4-6-11-12(10)17-21-16-11/h4-6,9,15H,7-8H2,1-3H3. The normalized spacial score (nSPS) is 15.9. The number of rotatable bonds is 2. The summed E-state index contributed by atoms with van der Waals surface area (Å²) >= 11 is -0.0255. The van der Waals surface area contributed by atoms with Crippen LogP contribution in [0.5, 0.6) is 0 Å². The third-order valence-electron chi connectivity index (χ3n) is 3.18. The zero-order chi connectivity index (χ0) is 15.0. The monoisotopic (exact) mass is 354 g/mol. The summed E-state index contributed by atoms with van der Waals surface area (Å²) in [4.78, 5) is 13.6. The second-order valence-corrected chi connectivity index (χ2v) is 7.27. The van der Waals surface area contributed by atoms with Gasteiger partial charge in [0.2, 0.25) is 0 Å². The van der Waals surface area contributed by atoms with Gasteiger partial charge in [-0.05, 0) is 0 Å². The number of nitrogens with zero attached hydrogens (tertiary/aromatic N) is 3. The number of carbonyl (C=O) groups is 1. The van der Waals surface area contributed by atoms with Crippen LogP contribution in [0.4, 0.5) is 10.5 Å². The Labute approximate surface area is 129 Å². The maximum atomic E-state index is 11.9. The molecule has 0 spiro atoms. The first-order valence-electron chi connectivity index (χ1n) is 6.88. The molecule has 1 aromatic heterocycles. The van der Waals surface area contributed by atoms with Crippen LogP contribution in [0, 0.1) is 0 Å². The SMILES string of the molecule is CC(C)(C)OC(=O)N1CC(Nc2cccc3n[se]nc23)C1. The van der Waals surface area contributed by atoms with Gasteiger partial charge in [0, 0.05) is 0 Å². The summed E-state index contributed by atoms with van der Waals surface area (Å²) in [5.74, 6) is 0. The Bertz CT molecular complexity index is 658. The fraction of sp³-hybridized carbons (Fsp3) is 0.500. The number of likely N-dealkylation sites (tertiary alicyclic amines) is 1. The predicted molar refractivity (Wildman–Crippen MR) is 81.7 cm³/mol. The van der Waals surface area contributed by atoms with Gasteiger partial charge in [0.25, 0.3) is 0 Å². The molecule has 112 valence electrons. The molecule has 1 saturated heterocycles. The van der Waals surface area contributed by atoms with Gasteiger partial charge in [0.05, 0.1) is 0 Å². The van der Waals surface area contributed by atoms with Crippen molar-refractivity contribution in [3.05, 3.63) is 18.2 Å². The van der Waals surface area contributed by atoms with Crippen LogP contribution in [0.25, 0.3) is 11.0 Å². The fourth-order valence-corrected chi connectivity index (χ4v) is 3.34. The van der Waals surface area contributed by atoms with Gasteiger partial charge in [-0.25, -0.2) is 0 Å². The zero-order valence-corrected chi connectivity index (χ0v) is 14.0. The molecule has 0 atom stereocenters. The minimum atomic E-state index is -0.446. The van der Waals surface area contributed by atoms with Crippen molar-refractivity contribution in [2.24, 2.45) is 0 Å². The van der Waals surface area contributed by atoms with Crippen molar-refractivity contribution in [2.75, 3.05) is 18.4 Å². The fourth-order valence-electron chi connectivity index (χ4n) is 2.19. The first-order valence-corrected chi connectivity index (χ1v) is 8.41. The van der Waals surface area contributed by atoms with Crippen LogP contribution in [-0.2, 0) is 4.74 Å². The first kappa shape index (κ1) is 14.4. The number of amides is 1. The van der Waals surface area contributed by atoms with E-state index in [0.29, 0.717) is 13.1 Å². The molecular formula is C14H18N4O2Se. The summed E-state index contributed by atoms with van der Waals surface area (Å²) in [6.07, 6.45) is -0.248. The molecule has 21 heavy (non-hydrogen) atoms. The van der Waals surface area contributed by atoms with Gasteiger partial charge in [-0.1, -0.05) is 0 Å². The van der Waals surface area contributed by atoms with Gasteiger partial charge in [0.15, 0.2) is 0 Å². The van der Waals surface area contributed by atoms with Crippen molar-refractivity contribution in [2.45, 2.75) is 32.4 Å². The maximum absolute atomic E-state index is 11.9. The van der Waals surface area contributed by atoms with Crippen molar-refractivity contribution in [1.29, 1.82) is 0 Å². The zero-order valence-electron chi connectivity index (χ0n) is 12.3. The second-order valence-electron chi connectivity index (χ2n) is 6.16. The molecule has 1 amide bonds. The topological polar surface area (TPSA) is 67.3 Å². The summed E-state index contributed by atoms with van der Waals surface area (Å²) in [6.45, 7) is 6.93. The van der Waals surface area contributed by atoms with Crippen LogP contribution < -0.4 is 5.32 Å². The average Bonchev–Trinajstić information content (AvgIpc) is 2.79. The summed E-state index contributed by atoms with van der Waals surface area (Å²) < 4.78 is 14.1. The quantitative estimate of drug-likeness (QED) is 0.833. The molecule has 1 aliphatic rings. The van der Waals surface area contributed by atoms with Gasteiger partial charge in [-0.15, -0.1) is 0 Å². The Kier molecular flexibility index (Phi) is 3.63. The number of ether oxygens (including phenoxy) is 1.